The molecule has 1 aliphatic rings. The first-order valence-electron chi connectivity index (χ1n) is 9.70. The molecule has 0 unspecified atom stereocenters. The molecule has 0 radical (unpaired) electrons. The number of aryl methyl sites for hydroxylation is 2. The molecular formula is C21H25N7. The van der Waals surface area contributed by atoms with Gasteiger partial charge in [0.25, 0.3) is 0 Å². The molecule has 3 heterocycles. The van der Waals surface area contributed by atoms with Crippen molar-refractivity contribution in [3.05, 3.63) is 60.0 Å². The summed E-state index contributed by atoms with van der Waals surface area (Å²) in [5, 5.41) is 3.40. The van der Waals surface area contributed by atoms with Crippen molar-refractivity contribution < 1.29 is 0 Å². The Bertz CT molecular complexity index is 921. The van der Waals surface area contributed by atoms with Crippen molar-refractivity contribution in [1.29, 1.82) is 0 Å². The Morgan fingerprint density at radius 2 is 1.64 bits per heavy atom. The van der Waals surface area contributed by atoms with E-state index in [9.17, 15) is 0 Å². The van der Waals surface area contributed by atoms with Crippen LogP contribution in [0.1, 0.15) is 18.2 Å². The van der Waals surface area contributed by atoms with Crippen LogP contribution in [0.25, 0.3) is 0 Å². The summed E-state index contributed by atoms with van der Waals surface area (Å²) in [6, 6.07) is 12.2. The summed E-state index contributed by atoms with van der Waals surface area (Å²) < 4.78 is 0. The van der Waals surface area contributed by atoms with E-state index >= 15 is 0 Å². The van der Waals surface area contributed by atoms with Gasteiger partial charge in [-0.25, -0.2) is 15.0 Å². The lowest BCUT2D eigenvalue weighted by molar-refractivity contribution is 0.634. The van der Waals surface area contributed by atoms with Gasteiger partial charge in [0.05, 0.1) is 0 Å². The molecule has 3 aromatic rings. The maximum Gasteiger partial charge on any atom is 0.229 e. The molecule has 28 heavy (non-hydrogen) atoms. The molecule has 1 N–H and O–H groups in total. The van der Waals surface area contributed by atoms with E-state index in [4.69, 9.17) is 4.98 Å². The summed E-state index contributed by atoms with van der Waals surface area (Å²) in [5.74, 6) is 2.39. The Labute approximate surface area is 165 Å². The Kier molecular flexibility index (Phi) is 5.32. The molecular weight excluding hydrogens is 350 g/mol. The van der Waals surface area contributed by atoms with E-state index in [0.29, 0.717) is 5.95 Å². The zero-order valence-electron chi connectivity index (χ0n) is 16.3. The summed E-state index contributed by atoms with van der Waals surface area (Å²) in [6.45, 7) is 7.65. The van der Waals surface area contributed by atoms with Gasteiger partial charge in [-0.1, -0.05) is 25.1 Å². The number of benzene rings is 1. The number of hydrogen-bond acceptors (Lipinski definition) is 7. The summed E-state index contributed by atoms with van der Waals surface area (Å²) >= 11 is 0. The van der Waals surface area contributed by atoms with E-state index in [0.717, 1.165) is 55.7 Å². The number of nitrogens with zero attached hydrogens (tertiary/aromatic N) is 6. The summed E-state index contributed by atoms with van der Waals surface area (Å²) in [7, 11) is 0. The molecule has 144 valence electrons. The van der Waals surface area contributed by atoms with Gasteiger partial charge in [0, 0.05) is 56.0 Å². The van der Waals surface area contributed by atoms with Gasteiger partial charge in [-0.15, -0.1) is 0 Å². The molecule has 1 aliphatic heterocycles. The maximum atomic E-state index is 4.78. The van der Waals surface area contributed by atoms with Gasteiger partial charge in [-0.05, 0) is 31.0 Å². The third kappa shape index (κ3) is 4.03. The van der Waals surface area contributed by atoms with E-state index < -0.39 is 0 Å². The molecule has 4 rings (SSSR count). The highest BCUT2D eigenvalue weighted by Crippen LogP contribution is 2.22. The average molecular weight is 375 g/mol. The van der Waals surface area contributed by atoms with Gasteiger partial charge in [0.2, 0.25) is 11.9 Å². The zero-order valence-corrected chi connectivity index (χ0v) is 16.3. The Morgan fingerprint density at radius 1 is 0.929 bits per heavy atom. The number of para-hydroxylation sites is 1. The van der Waals surface area contributed by atoms with Crippen LogP contribution in [0.5, 0.6) is 0 Å². The fourth-order valence-electron chi connectivity index (χ4n) is 3.43. The second-order valence-electron chi connectivity index (χ2n) is 6.85. The molecule has 0 bridgehead atoms. The minimum absolute atomic E-state index is 0.643. The van der Waals surface area contributed by atoms with Gasteiger partial charge in [-0.3, -0.25) is 0 Å². The Balaban J connectivity index is 1.49. The lowest BCUT2D eigenvalue weighted by Gasteiger charge is -2.35. The summed E-state index contributed by atoms with van der Waals surface area (Å²) in [6.07, 6.45) is 4.54. The number of hydrogen-bond donors (Lipinski definition) is 1. The van der Waals surface area contributed by atoms with E-state index in [1.54, 1.807) is 12.4 Å². The second kappa shape index (κ2) is 8.21. The van der Waals surface area contributed by atoms with Crippen molar-refractivity contribution in [1.82, 2.24) is 19.9 Å². The smallest absolute Gasteiger partial charge is 0.229 e. The number of nitrogens with one attached hydrogen (secondary N) is 1. The molecule has 7 heteroatoms. The first kappa shape index (κ1) is 18.2. The van der Waals surface area contributed by atoms with Crippen LogP contribution in [0.15, 0.2) is 48.8 Å². The third-order valence-electron chi connectivity index (χ3n) is 4.92. The number of anilines is 4. The highest BCUT2D eigenvalue weighted by Gasteiger charge is 2.20. The minimum atomic E-state index is 0.643. The predicted molar refractivity (Wildman–Crippen MR) is 112 cm³/mol. The lowest BCUT2D eigenvalue weighted by atomic mass is 10.1. The fourth-order valence-corrected chi connectivity index (χ4v) is 3.43. The normalized spacial score (nSPS) is 14.2. The Morgan fingerprint density at radius 3 is 2.39 bits per heavy atom. The van der Waals surface area contributed by atoms with Crippen LogP contribution in [0.3, 0.4) is 0 Å². The van der Waals surface area contributed by atoms with Crippen LogP contribution in [-0.2, 0) is 6.42 Å². The topological polar surface area (TPSA) is 70.1 Å². The number of piperazine rings is 1. The third-order valence-corrected chi connectivity index (χ3v) is 4.92. The van der Waals surface area contributed by atoms with Crippen LogP contribution in [0.4, 0.5) is 23.4 Å². The molecule has 0 spiro atoms. The second-order valence-corrected chi connectivity index (χ2v) is 6.85. The highest BCUT2D eigenvalue weighted by molar-refractivity contribution is 5.60. The van der Waals surface area contributed by atoms with Gasteiger partial charge in [0.15, 0.2) is 0 Å². The van der Waals surface area contributed by atoms with Crippen molar-refractivity contribution in [2.75, 3.05) is 41.3 Å². The van der Waals surface area contributed by atoms with Crippen molar-refractivity contribution in [2.24, 2.45) is 0 Å². The quantitative estimate of drug-likeness (QED) is 0.734. The zero-order chi connectivity index (χ0) is 19.3. The molecule has 1 aromatic carbocycles. The first-order chi connectivity index (χ1) is 13.7. The van der Waals surface area contributed by atoms with Crippen LogP contribution in [0, 0.1) is 6.92 Å². The molecule has 0 atom stereocenters. The number of aromatic nitrogens is 4. The van der Waals surface area contributed by atoms with Gasteiger partial charge in [-0.2, -0.15) is 4.98 Å². The summed E-state index contributed by atoms with van der Waals surface area (Å²) in [4.78, 5) is 22.6. The van der Waals surface area contributed by atoms with Crippen LogP contribution in [0.2, 0.25) is 0 Å². The van der Waals surface area contributed by atoms with E-state index in [1.807, 2.05) is 25.1 Å². The Hall–Kier alpha value is -3.22. The number of rotatable bonds is 5. The molecule has 2 aromatic heterocycles. The van der Waals surface area contributed by atoms with Crippen molar-refractivity contribution in [3.8, 4) is 0 Å². The monoisotopic (exact) mass is 375 g/mol. The lowest BCUT2D eigenvalue weighted by Crippen LogP contribution is -2.47. The molecule has 0 amide bonds. The van der Waals surface area contributed by atoms with E-state index in [2.05, 4.69) is 55.2 Å². The predicted octanol–water partition coefficient (Wildman–Crippen LogP) is 3.21. The fraction of sp³-hybridized carbons (Fsp3) is 0.333. The van der Waals surface area contributed by atoms with Crippen molar-refractivity contribution >= 4 is 23.4 Å². The molecule has 0 aliphatic carbocycles. The van der Waals surface area contributed by atoms with Crippen LogP contribution >= 0.6 is 0 Å². The summed E-state index contributed by atoms with van der Waals surface area (Å²) in [5.41, 5.74) is 3.27. The molecule has 1 saturated heterocycles. The largest absolute Gasteiger partial charge is 0.353 e. The first-order valence-corrected chi connectivity index (χ1v) is 9.70. The molecule has 1 fully saturated rings. The van der Waals surface area contributed by atoms with E-state index in [-0.39, 0.29) is 0 Å². The standard InChI is InChI=1S/C21H25N7/c1-3-17-7-4-5-8-18(17)25-20-24-16(2)15-19(26-20)27-11-13-28(14-12-27)21-22-9-6-10-23-21/h4-10,15H,3,11-14H2,1-2H3,(H,24,25,26). The van der Waals surface area contributed by atoms with E-state index in [1.165, 1.54) is 5.56 Å². The van der Waals surface area contributed by atoms with Gasteiger partial charge < -0.3 is 15.1 Å². The van der Waals surface area contributed by atoms with Crippen molar-refractivity contribution in [3.63, 3.8) is 0 Å². The SMILES string of the molecule is CCc1ccccc1Nc1nc(C)cc(N2CCN(c3ncccn3)CC2)n1. The molecule has 0 saturated carbocycles. The highest BCUT2D eigenvalue weighted by atomic mass is 15.3. The van der Waals surface area contributed by atoms with Gasteiger partial charge in [0.1, 0.15) is 5.82 Å². The van der Waals surface area contributed by atoms with Crippen molar-refractivity contribution in [2.45, 2.75) is 20.3 Å². The van der Waals surface area contributed by atoms with Crippen LogP contribution < -0.4 is 15.1 Å². The van der Waals surface area contributed by atoms with Crippen LogP contribution in [-0.4, -0.2) is 46.1 Å². The average Bonchev–Trinajstić information content (AvgIpc) is 2.74. The molecule has 7 nitrogen and oxygen atoms in total. The van der Waals surface area contributed by atoms with Gasteiger partial charge >= 0.3 is 0 Å². The minimum Gasteiger partial charge on any atom is -0.353 e. The maximum absolute atomic E-state index is 4.78.